The lowest BCUT2D eigenvalue weighted by Crippen LogP contribution is -2.59. The first-order chi connectivity index (χ1) is 13.5. The van der Waals surface area contributed by atoms with Gasteiger partial charge in [0, 0.05) is 31.7 Å². The molecule has 3 rings (SSSR count). The Morgan fingerprint density at radius 1 is 1.21 bits per heavy atom. The molecule has 1 aliphatic rings. The molecule has 0 radical (unpaired) electrons. The van der Waals surface area contributed by atoms with Gasteiger partial charge in [0.15, 0.2) is 0 Å². The van der Waals surface area contributed by atoms with Crippen LogP contribution >= 0.6 is 0 Å². The number of hydrogen-bond donors (Lipinski definition) is 1. The van der Waals surface area contributed by atoms with Crippen molar-refractivity contribution in [3.05, 3.63) is 35.7 Å². The van der Waals surface area contributed by atoms with Gasteiger partial charge in [-0.05, 0) is 32.9 Å². The predicted octanol–water partition coefficient (Wildman–Crippen LogP) is 2.70. The van der Waals surface area contributed by atoms with E-state index in [4.69, 9.17) is 10.3 Å². The maximum atomic E-state index is 12.9. The van der Waals surface area contributed by atoms with Gasteiger partial charge in [-0.3, -0.25) is 14.6 Å². The van der Waals surface area contributed by atoms with Crippen LogP contribution in [0.4, 0.5) is 13.2 Å². The Hall–Kier alpha value is -2.46. The van der Waals surface area contributed by atoms with Crippen LogP contribution in [0.25, 0.3) is 11.4 Å². The summed E-state index contributed by atoms with van der Waals surface area (Å²) in [5, 5.41) is 3.85. The zero-order valence-corrected chi connectivity index (χ0v) is 16.5. The molecule has 29 heavy (non-hydrogen) atoms. The Labute approximate surface area is 166 Å². The molecule has 1 aromatic carbocycles. The van der Waals surface area contributed by atoms with Crippen molar-refractivity contribution in [2.75, 3.05) is 26.2 Å². The van der Waals surface area contributed by atoms with Gasteiger partial charge in [-0.15, -0.1) is 0 Å². The van der Waals surface area contributed by atoms with Crippen LogP contribution in [-0.4, -0.2) is 57.6 Å². The summed E-state index contributed by atoms with van der Waals surface area (Å²) in [6, 6.07) is 4.63. The first kappa shape index (κ1) is 21.3. The molecule has 1 atom stereocenters. The lowest BCUT2D eigenvalue weighted by molar-refractivity contribution is -0.137. The number of benzene rings is 1. The summed E-state index contributed by atoms with van der Waals surface area (Å²) in [6.07, 6.45) is -4.44. The standard InChI is InChI=1S/C19H24F3N5O2/c1-12(26-7-9-27(10-8-26)18(2,3)17(23)28)16-24-15(25-29-16)13-5-4-6-14(11-13)19(20,21)22/h4-6,11-12H,7-10H2,1-3H3,(H2,23,28). The lowest BCUT2D eigenvalue weighted by Gasteiger charge is -2.43. The van der Waals surface area contributed by atoms with Crippen LogP contribution in [-0.2, 0) is 11.0 Å². The molecule has 2 N–H and O–H groups in total. The first-order valence-electron chi connectivity index (χ1n) is 9.30. The average Bonchev–Trinajstić information content (AvgIpc) is 3.17. The van der Waals surface area contributed by atoms with Crippen molar-refractivity contribution in [3.63, 3.8) is 0 Å². The van der Waals surface area contributed by atoms with E-state index >= 15 is 0 Å². The third kappa shape index (κ3) is 4.43. The van der Waals surface area contributed by atoms with E-state index in [9.17, 15) is 18.0 Å². The summed E-state index contributed by atoms with van der Waals surface area (Å²) in [5.74, 6) is 0.0769. The van der Waals surface area contributed by atoms with Gasteiger partial charge in [-0.1, -0.05) is 17.3 Å². The summed E-state index contributed by atoms with van der Waals surface area (Å²) in [7, 11) is 0. The number of carbonyl (C=O) groups excluding carboxylic acids is 1. The monoisotopic (exact) mass is 411 g/mol. The van der Waals surface area contributed by atoms with Crippen molar-refractivity contribution in [2.45, 2.75) is 38.5 Å². The molecule has 1 amide bonds. The third-order valence-corrected chi connectivity index (χ3v) is 5.50. The highest BCUT2D eigenvalue weighted by Crippen LogP contribution is 2.32. The van der Waals surface area contributed by atoms with Crippen LogP contribution in [0.5, 0.6) is 0 Å². The van der Waals surface area contributed by atoms with Gasteiger partial charge in [0.1, 0.15) is 0 Å². The van der Waals surface area contributed by atoms with E-state index in [0.717, 1.165) is 12.1 Å². The average molecular weight is 411 g/mol. The molecule has 1 aliphatic heterocycles. The van der Waals surface area contributed by atoms with Gasteiger partial charge in [0.05, 0.1) is 17.1 Å². The number of aromatic nitrogens is 2. The summed E-state index contributed by atoms with van der Waals surface area (Å²) in [6.45, 7) is 8.13. The number of halogens is 3. The van der Waals surface area contributed by atoms with Crippen molar-refractivity contribution in [3.8, 4) is 11.4 Å². The molecule has 2 aromatic rings. The Morgan fingerprint density at radius 3 is 2.45 bits per heavy atom. The molecule has 0 aliphatic carbocycles. The van der Waals surface area contributed by atoms with Gasteiger partial charge >= 0.3 is 6.18 Å². The van der Waals surface area contributed by atoms with Crippen molar-refractivity contribution in [1.82, 2.24) is 19.9 Å². The summed E-state index contributed by atoms with van der Waals surface area (Å²) in [5.41, 5.74) is 4.24. The summed E-state index contributed by atoms with van der Waals surface area (Å²) in [4.78, 5) is 20.1. The first-order valence-corrected chi connectivity index (χ1v) is 9.30. The Kier molecular flexibility index (Phi) is 5.68. The smallest absolute Gasteiger partial charge is 0.368 e. The Balaban J connectivity index is 1.69. The summed E-state index contributed by atoms with van der Waals surface area (Å²) >= 11 is 0. The van der Waals surface area contributed by atoms with E-state index in [1.807, 2.05) is 11.8 Å². The molecular formula is C19H24F3N5O2. The number of primary amides is 1. The second-order valence-corrected chi connectivity index (χ2v) is 7.66. The Bertz CT molecular complexity index is 873. The van der Waals surface area contributed by atoms with Crippen LogP contribution < -0.4 is 5.73 Å². The zero-order chi connectivity index (χ0) is 21.4. The van der Waals surface area contributed by atoms with Crippen molar-refractivity contribution >= 4 is 5.91 Å². The van der Waals surface area contributed by atoms with E-state index in [-0.39, 0.29) is 23.3 Å². The lowest BCUT2D eigenvalue weighted by atomic mass is 10.0. The molecule has 0 bridgehead atoms. The largest absolute Gasteiger partial charge is 0.416 e. The zero-order valence-electron chi connectivity index (χ0n) is 16.5. The second-order valence-electron chi connectivity index (χ2n) is 7.66. The number of alkyl halides is 3. The molecule has 1 aromatic heterocycles. The minimum Gasteiger partial charge on any atom is -0.368 e. The topological polar surface area (TPSA) is 88.5 Å². The molecule has 1 unspecified atom stereocenters. The van der Waals surface area contributed by atoms with Crippen LogP contribution in [0.15, 0.2) is 28.8 Å². The number of piperazine rings is 1. The fourth-order valence-electron chi connectivity index (χ4n) is 3.34. The number of carbonyl (C=O) groups is 1. The van der Waals surface area contributed by atoms with Gasteiger partial charge in [-0.2, -0.15) is 18.2 Å². The molecule has 10 heteroatoms. The highest BCUT2D eigenvalue weighted by molar-refractivity contribution is 5.83. The van der Waals surface area contributed by atoms with Crippen LogP contribution in [0.3, 0.4) is 0 Å². The molecule has 7 nitrogen and oxygen atoms in total. The highest BCUT2D eigenvalue weighted by atomic mass is 19.4. The fourth-order valence-corrected chi connectivity index (χ4v) is 3.34. The summed E-state index contributed by atoms with van der Waals surface area (Å²) < 4.78 is 44.1. The third-order valence-electron chi connectivity index (χ3n) is 5.50. The SMILES string of the molecule is CC(c1nc(-c2cccc(C(F)(F)F)c2)no1)N1CCN(C(C)(C)C(N)=O)CC1. The normalized spacial score (nSPS) is 18.0. The Morgan fingerprint density at radius 2 is 1.86 bits per heavy atom. The van der Waals surface area contributed by atoms with Gasteiger partial charge < -0.3 is 10.3 Å². The van der Waals surface area contributed by atoms with Crippen LogP contribution in [0.1, 0.15) is 38.3 Å². The van der Waals surface area contributed by atoms with Crippen molar-refractivity contribution < 1.29 is 22.5 Å². The maximum absolute atomic E-state index is 12.9. The highest BCUT2D eigenvalue weighted by Gasteiger charge is 2.36. The number of nitrogens with zero attached hydrogens (tertiary/aromatic N) is 4. The predicted molar refractivity (Wildman–Crippen MR) is 99.6 cm³/mol. The number of hydrogen-bond acceptors (Lipinski definition) is 6. The van der Waals surface area contributed by atoms with E-state index in [1.54, 1.807) is 13.8 Å². The van der Waals surface area contributed by atoms with E-state index < -0.39 is 17.3 Å². The van der Waals surface area contributed by atoms with E-state index in [2.05, 4.69) is 15.0 Å². The molecule has 158 valence electrons. The number of nitrogens with two attached hydrogens (primary N) is 1. The molecule has 1 fully saturated rings. The molecule has 0 spiro atoms. The molecule has 0 saturated carbocycles. The quantitative estimate of drug-likeness (QED) is 0.814. The molecular weight excluding hydrogens is 387 g/mol. The van der Waals surface area contributed by atoms with Crippen LogP contribution in [0.2, 0.25) is 0 Å². The fraction of sp³-hybridized carbons (Fsp3) is 0.526. The number of amides is 1. The van der Waals surface area contributed by atoms with Gasteiger partial charge in [-0.25, -0.2) is 0 Å². The minimum absolute atomic E-state index is 0.117. The van der Waals surface area contributed by atoms with Crippen molar-refractivity contribution in [2.24, 2.45) is 5.73 Å². The second kappa shape index (κ2) is 7.75. The van der Waals surface area contributed by atoms with Crippen molar-refractivity contribution in [1.29, 1.82) is 0 Å². The molecule has 2 heterocycles. The maximum Gasteiger partial charge on any atom is 0.416 e. The number of rotatable bonds is 5. The molecule has 1 saturated heterocycles. The van der Waals surface area contributed by atoms with E-state index in [1.165, 1.54) is 12.1 Å². The van der Waals surface area contributed by atoms with Crippen LogP contribution in [0, 0.1) is 0 Å². The van der Waals surface area contributed by atoms with Gasteiger partial charge in [0.25, 0.3) is 0 Å². The van der Waals surface area contributed by atoms with Gasteiger partial charge in [0.2, 0.25) is 17.6 Å². The minimum atomic E-state index is -4.44. The van der Waals surface area contributed by atoms with E-state index in [0.29, 0.717) is 32.1 Å².